The summed E-state index contributed by atoms with van der Waals surface area (Å²) in [5, 5.41) is 3.86. The van der Waals surface area contributed by atoms with Crippen LogP contribution < -0.4 is 14.8 Å². The van der Waals surface area contributed by atoms with E-state index in [9.17, 15) is 4.79 Å². The molecule has 6 nitrogen and oxygen atoms in total. The van der Waals surface area contributed by atoms with Crippen molar-refractivity contribution < 1.29 is 14.3 Å². The number of nitrogens with zero attached hydrogens (tertiary/aromatic N) is 2. The van der Waals surface area contributed by atoms with E-state index < -0.39 is 0 Å². The Kier molecular flexibility index (Phi) is 6.57. The third kappa shape index (κ3) is 4.64. The molecule has 0 aliphatic heterocycles. The van der Waals surface area contributed by atoms with Crippen molar-refractivity contribution in [1.29, 1.82) is 0 Å². The fraction of sp³-hybridized carbons (Fsp3) is 0.524. The summed E-state index contributed by atoms with van der Waals surface area (Å²) in [6, 6.07) is 6.86. The monoisotopic (exact) mass is 403 g/mol. The van der Waals surface area contributed by atoms with E-state index in [2.05, 4.69) is 29.0 Å². The first-order valence-corrected chi connectivity index (χ1v) is 10.5. The van der Waals surface area contributed by atoms with Crippen molar-refractivity contribution in [2.24, 2.45) is 0 Å². The van der Waals surface area contributed by atoms with Crippen molar-refractivity contribution in [1.82, 2.24) is 15.2 Å². The number of aromatic nitrogens is 1. The molecule has 2 aromatic rings. The zero-order valence-corrected chi connectivity index (χ0v) is 18.1. The number of hydrogen-bond donors (Lipinski definition) is 1. The number of hydrogen-bond acceptors (Lipinski definition) is 6. The molecule has 1 aromatic carbocycles. The van der Waals surface area contributed by atoms with Crippen LogP contribution in [0.5, 0.6) is 11.5 Å². The number of ether oxygens (including phenoxy) is 2. The summed E-state index contributed by atoms with van der Waals surface area (Å²) in [4.78, 5) is 20.4. The summed E-state index contributed by atoms with van der Waals surface area (Å²) in [6.45, 7) is 7.83. The summed E-state index contributed by atoms with van der Waals surface area (Å²) < 4.78 is 10.7. The SMILES string of the molecule is COc1ccc(-c2nc(C)c(C(=O)NCCN(C(C)C)C3CC3)s2)cc1OC. The highest BCUT2D eigenvalue weighted by molar-refractivity contribution is 7.17. The molecule has 0 unspecified atom stereocenters. The highest BCUT2D eigenvalue weighted by atomic mass is 32.1. The van der Waals surface area contributed by atoms with E-state index in [1.807, 2.05) is 25.1 Å². The third-order valence-corrected chi connectivity index (χ3v) is 6.17. The smallest absolute Gasteiger partial charge is 0.263 e. The van der Waals surface area contributed by atoms with Crippen LogP contribution in [0.25, 0.3) is 10.6 Å². The lowest BCUT2D eigenvalue weighted by Crippen LogP contribution is -2.39. The number of thiazole rings is 1. The Morgan fingerprint density at radius 1 is 1.29 bits per heavy atom. The predicted molar refractivity (Wildman–Crippen MR) is 113 cm³/mol. The molecule has 0 spiro atoms. The maximum absolute atomic E-state index is 12.7. The first kappa shape index (κ1) is 20.6. The van der Waals surface area contributed by atoms with Gasteiger partial charge in [0.1, 0.15) is 9.88 Å². The maximum atomic E-state index is 12.7. The molecule has 3 rings (SSSR count). The number of aryl methyl sites for hydroxylation is 1. The first-order chi connectivity index (χ1) is 13.4. The van der Waals surface area contributed by atoms with Gasteiger partial charge >= 0.3 is 0 Å². The second-order valence-electron chi connectivity index (χ2n) is 7.32. The van der Waals surface area contributed by atoms with Gasteiger partial charge in [-0.3, -0.25) is 9.69 Å². The summed E-state index contributed by atoms with van der Waals surface area (Å²) in [7, 11) is 3.22. The van der Waals surface area contributed by atoms with Gasteiger partial charge < -0.3 is 14.8 Å². The molecular formula is C21H29N3O3S. The summed E-state index contributed by atoms with van der Waals surface area (Å²) >= 11 is 1.40. The van der Waals surface area contributed by atoms with Crippen molar-refractivity contribution in [2.75, 3.05) is 27.3 Å². The van der Waals surface area contributed by atoms with Gasteiger partial charge in [-0.15, -0.1) is 11.3 Å². The van der Waals surface area contributed by atoms with Crippen LogP contribution in [-0.2, 0) is 0 Å². The minimum atomic E-state index is -0.0544. The molecule has 1 heterocycles. The Hall–Kier alpha value is -2.12. The topological polar surface area (TPSA) is 63.7 Å². The fourth-order valence-electron chi connectivity index (χ4n) is 3.35. The maximum Gasteiger partial charge on any atom is 0.263 e. The van der Waals surface area contributed by atoms with Crippen LogP contribution in [0, 0.1) is 6.92 Å². The van der Waals surface area contributed by atoms with Crippen LogP contribution in [0.4, 0.5) is 0 Å². The van der Waals surface area contributed by atoms with Crippen LogP contribution in [-0.4, -0.2) is 55.2 Å². The highest BCUT2D eigenvalue weighted by Gasteiger charge is 2.30. The number of carbonyl (C=O) groups is 1. The largest absolute Gasteiger partial charge is 0.493 e. The molecule has 1 N–H and O–H groups in total. The molecular weight excluding hydrogens is 374 g/mol. The molecule has 0 atom stereocenters. The van der Waals surface area contributed by atoms with Crippen LogP contribution in [0.15, 0.2) is 18.2 Å². The molecule has 0 radical (unpaired) electrons. The van der Waals surface area contributed by atoms with E-state index in [0.29, 0.717) is 35.0 Å². The Labute approximate surface area is 170 Å². The van der Waals surface area contributed by atoms with E-state index in [1.54, 1.807) is 14.2 Å². The van der Waals surface area contributed by atoms with Crippen molar-refractivity contribution >= 4 is 17.2 Å². The van der Waals surface area contributed by atoms with Gasteiger partial charge in [0, 0.05) is 30.7 Å². The standard InChI is InChI=1S/C21H29N3O3S/c1-13(2)24(16-7-8-16)11-10-22-20(25)19-14(3)23-21(28-19)15-6-9-17(26-4)18(12-15)27-5/h6,9,12-13,16H,7-8,10-11H2,1-5H3,(H,22,25). The van der Waals surface area contributed by atoms with Gasteiger partial charge in [0.15, 0.2) is 11.5 Å². The van der Waals surface area contributed by atoms with Gasteiger partial charge in [-0.05, 0) is 51.8 Å². The molecule has 1 aliphatic carbocycles. The number of carbonyl (C=O) groups excluding carboxylic acids is 1. The Morgan fingerprint density at radius 2 is 2.00 bits per heavy atom. The molecule has 1 saturated carbocycles. The van der Waals surface area contributed by atoms with E-state index in [-0.39, 0.29) is 5.91 Å². The molecule has 1 aromatic heterocycles. The van der Waals surface area contributed by atoms with Gasteiger partial charge in [0.25, 0.3) is 5.91 Å². The molecule has 1 amide bonds. The Bertz CT molecular complexity index is 828. The van der Waals surface area contributed by atoms with E-state index in [0.717, 1.165) is 22.8 Å². The molecule has 152 valence electrons. The lowest BCUT2D eigenvalue weighted by atomic mass is 10.2. The number of nitrogens with one attached hydrogen (secondary N) is 1. The zero-order chi connectivity index (χ0) is 20.3. The molecule has 28 heavy (non-hydrogen) atoms. The molecule has 0 saturated heterocycles. The van der Waals surface area contributed by atoms with E-state index >= 15 is 0 Å². The summed E-state index contributed by atoms with van der Waals surface area (Å²) in [5.41, 5.74) is 1.65. The second kappa shape index (κ2) is 8.92. The van der Waals surface area contributed by atoms with E-state index in [1.165, 1.54) is 24.2 Å². The molecule has 0 bridgehead atoms. The fourth-order valence-corrected chi connectivity index (χ4v) is 4.33. The summed E-state index contributed by atoms with van der Waals surface area (Å²) in [6.07, 6.45) is 2.55. The van der Waals surface area contributed by atoms with Crippen LogP contribution in [0.1, 0.15) is 42.1 Å². The Balaban J connectivity index is 1.67. The number of methoxy groups -OCH3 is 2. The minimum absolute atomic E-state index is 0.0544. The predicted octanol–water partition coefficient (Wildman–Crippen LogP) is 3.74. The number of rotatable bonds is 9. The van der Waals surface area contributed by atoms with Crippen molar-refractivity contribution in [3.8, 4) is 22.1 Å². The van der Waals surface area contributed by atoms with Crippen molar-refractivity contribution in [2.45, 2.75) is 45.7 Å². The zero-order valence-electron chi connectivity index (χ0n) is 17.2. The third-order valence-electron chi connectivity index (χ3n) is 4.97. The van der Waals surface area contributed by atoms with Crippen molar-refractivity contribution in [3.05, 3.63) is 28.8 Å². The quantitative estimate of drug-likeness (QED) is 0.691. The molecule has 7 heteroatoms. The average molecular weight is 404 g/mol. The average Bonchev–Trinajstić information content (AvgIpc) is 3.44. The van der Waals surface area contributed by atoms with Gasteiger partial charge in [-0.2, -0.15) is 0 Å². The van der Waals surface area contributed by atoms with Gasteiger partial charge in [0.05, 0.1) is 19.9 Å². The lowest BCUT2D eigenvalue weighted by molar-refractivity contribution is 0.0947. The molecule has 1 aliphatic rings. The second-order valence-corrected chi connectivity index (χ2v) is 8.32. The Morgan fingerprint density at radius 3 is 2.61 bits per heavy atom. The van der Waals surface area contributed by atoms with Gasteiger partial charge in [-0.1, -0.05) is 0 Å². The van der Waals surface area contributed by atoms with Gasteiger partial charge in [-0.25, -0.2) is 4.98 Å². The van der Waals surface area contributed by atoms with Crippen LogP contribution in [0.2, 0.25) is 0 Å². The van der Waals surface area contributed by atoms with Crippen molar-refractivity contribution in [3.63, 3.8) is 0 Å². The molecule has 1 fully saturated rings. The van der Waals surface area contributed by atoms with Gasteiger partial charge in [0.2, 0.25) is 0 Å². The number of benzene rings is 1. The van der Waals surface area contributed by atoms with E-state index in [4.69, 9.17) is 9.47 Å². The highest BCUT2D eigenvalue weighted by Crippen LogP contribution is 2.35. The lowest BCUT2D eigenvalue weighted by Gasteiger charge is -2.26. The number of amides is 1. The first-order valence-electron chi connectivity index (χ1n) is 9.68. The van der Waals surface area contributed by atoms with Crippen LogP contribution >= 0.6 is 11.3 Å². The van der Waals surface area contributed by atoms with Crippen LogP contribution in [0.3, 0.4) is 0 Å². The minimum Gasteiger partial charge on any atom is -0.493 e. The summed E-state index contributed by atoms with van der Waals surface area (Å²) in [5.74, 6) is 1.26. The normalized spacial score (nSPS) is 13.8.